The van der Waals surface area contributed by atoms with E-state index in [0.29, 0.717) is 5.56 Å². The summed E-state index contributed by atoms with van der Waals surface area (Å²) in [5, 5.41) is 19.8. The van der Waals surface area contributed by atoms with E-state index in [1.54, 1.807) is 6.92 Å². The molecule has 0 radical (unpaired) electrons. The van der Waals surface area contributed by atoms with Crippen molar-refractivity contribution in [2.45, 2.75) is 6.92 Å². The third kappa shape index (κ3) is 2.89. The van der Waals surface area contributed by atoms with Gasteiger partial charge in [0.1, 0.15) is 5.75 Å². The molecule has 0 unspecified atom stereocenters. The van der Waals surface area contributed by atoms with Crippen LogP contribution in [0.5, 0.6) is 11.6 Å². The molecule has 0 spiro atoms. The lowest BCUT2D eigenvalue weighted by atomic mass is 10.2. The van der Waals surface area contributed by atoms with Crippen molar-refractivity contribution in [3.63, 3.8) is 0 Å². The Labute approximate surface area is 113 Å². The second kappa shape index (κ2) is 5.35. The number of hydrogen-bond acceptors (Lipinski definition) is 5. The van der Waals surface area contributed by atoms with E-state index in [-0.39, 0.29) is 22.9 Å². The lowest BCUT2D eigenvalue weighted by Crippen LogP contribution is -1.99. The first-order valence-corrected chi connectivity index (χ1v) is 5.59. The SMILES string of the molecule is Cc1cnc(Oc2cccc(C(=O)O)c2)c([N+](=O)[O-])c1. The highest BCUT2D eigenvalue weighted by molar-refractivity contribution is 5.88. The van der Waals surface area contributed by atoms with Gasteiger partial charge in [0.25, 0.3) is 5.88 Å². The van der Waals surface area contributed by atoms with Crippen LogP contribution in [0.4, 0.5) is 5.69 Å². The van der Waals surface area contributed by atoms with Crippen molar-refractivity contribution in [2.24, 2.45) is 0 Å². The van der Waals surface area contributed by atoms with Crippen LogP contribution in [0.25, 0.3) is 0 Å². The predicted molar refractivity (Wildman–Crippen MR) is 69.1 cm³/mol. The minimum atomic E-state index is -1.11. The molecule has 0 saturated heterocycles. The zero-order valence-corrected chi connectivity index (χ0v) is 10.4. The van der Waals surface area contributed by atoms with Gasteiger partial charge in [-0.05, 0) is 30.7 Å². The zero-order chi connectivity index (χ0) is 14.7. The van der Waals surface area contributed by atoms with Crippen molar-refractivity contribution in [2.75, 3.05) is 0 Å². The predicted octanol–water partition coefficient (Wildman–Crippen LogP) is 2.79. The molecule has 1 N–H and O–H groups in total. The Morgan fingerprint density at radius 3 is 2.80 bits per heavy atom. The van der Waals surface area contributed by atoms with Crippen molar-refractivity contribution in [1.29, 1.82) is 0 Å². The molecule has 0 bridgehead atoms. The van der Waals surface area contributed by atoms with E-state index in [1.165, 1.54) is 36.5 Å². The monoisotopic (exact) mass is 274 g/mol. The summed E-state index contributed by atoms with van der Waals surface area (Å²) in [6.45, 7) is 1.68. The smallest absolute Gasteiger partial charge is 0.335 e. The minimum absolute atomic E-state index is 0.0252. The van der Waals surface area contributed by atoms with E-state index >= 15 is 0 Å². The number of rotatable bonds is 4. The van der Waals surface area contributed by atoms with Gasteiger partial charge in [-0.3, -0.25) is 10.1 Å². The van der Waals surface area contributed by atoms with Crippen LogP contribution in [0, 0.1) is 17.0 Å². The maximum absolute atomic E-state index is 10.9. The zero-order valence-electron chi connectivity index (χ0n) is 10.4. The summed E-state index contributed by atoms with van der Waals surface area (Å²) >= 11 is 0. The van der Waals surface area contributed by atoms with E-state index in [9.17, 15) is 14.9 Å². The van der Waals surface area contributed by atoms with Crippen LogP contribution in [0.2, 0.25) is 0 Å². The van der Waals surface area contributed by atoms with Gasteiger partial charge in [0.15, 0.2) is 0 Å². The molecule has 1 heterocycles. The third-order valence-corrected chi connectivity index (χ3v) is 2.46. The number of carbonyl (C=O) groups is 1. The fourth-order valence-electron chi connectivity index (χ4n) is 1.55. The summed E-state index contributed by atoms with van der Waals surface area (Å²) in [4.78, 5) is 25.0. The molecule has 0 saturated carbocycles. The number of aromatic carboxylic acids is 1. The molecule has 0 amide bonds. The maximum atomic E-state index is 10.9. The van der Waals surface area contributed by atoms with Crippen LogP contribution >= 0.6 is 0 Å². The number of ether oxygens (including phenoxy) is 1. The second-order valence-electron chi connectivity index (χ2n) is 4.03. The van der Waals surface area contributed by atoms with E-state index < -0.39 is 10.9 Å². The van der Waals surface area contributed by atoms with Crippen molar-refractivity contribution >= 4 is 11.7 Å². The molecule has 7 nitrogen and oxygen atoms in total. The molecule has 0 atom stereocenters. The Balaban J connectivity index is 2.37. The summed E-state index contributed by atoms with van der Waals surface area (Å²) in [5.41, 5.74) is 0.381. The lowest BCUT2D eigenvalue weighted by Gasteiger charge is -2.06. The second-order valence-corrected chi connectivity index (χ2v) is 4.03. The van der Waals surface area contributed by atoms with Crippen molar-refractivity contribution in [3.05, 3.63) is 57.8 Å². The van der Waals surface area contributed by atoms with Gasteiger partial charge in [-0.25, -0.2) is 9.78 Å². The molecular formula is C13H10N2O5. The number of pyridine rings is 1. The van der Waals surface area contributed by atoms with Crippen LogP contribution in [0.3, 0.4) is 0 Å². The van der Waals surface area contributed by atoms with Gasteiger partial charge in [-0.2, -0.15) is 0 Å². The summed E-state index contributed by atoms with van der Waals surface area (Å²) in [6.07, 6.45) is 1.43. The Morgan fingerprint density at radius 1 is 1.40 bits per heavy atom. The van der Waals surface area contributed by atoms with Gasteiger partial charge in [-0.15, -0.1) is 0 Å². The molecular weight excluding hydrogens is 264 g/mol. The molecule has 7 heteroatoms. The average Bonchev–Trinajstić information content (AvgIpc) is 2.41. The first-order valence-electron chi connectivity index (χ1n) is 5.59. The Kier molecular flexibility index (Phi) is 3.60. The summed E-state index contributed by atoms with van der Waals surface area (Å²) in [7, 11) is 0. The largest absolute Gasteiger partial charge is 0.478 e. The van der Waals surface area contributed by atoms with Crippen LogP contribution in [-0.4, -0.2) is 21.0 Å². The maximum Gasteiger partial charge on any atom is 0.335 e. The molecule has 0 fully saturated rings. The summed E-state index contributed by atoms with van der Waals surface area (Å²) in [6, 6.07) is 6.99. The number of carboxylic acid groups (broad SMARTS) is 1. The molecule has 0 aliphatic carbocycles. The molecule has 1 aromatic carbocycles. The quantitative estimate of drug-likeness (QED) is 0.679. The molecule has 2 rings (SSSR count). The lowest BCUT2D eigenvalue weighted by molar-refractivity contribution is -0.386. The highest BCUT2D eigenvalue weighted by atomic mass is 16.6. The Bertz CT molecular complexity index is 684. The van der Waals surface area contributed by atoms with Gasteiger partial charge in [0, 0.05) is 12.3 Å². The number of hydrogen-bond donors (Lipinski definition) is 1. The highest BCUT2D eigenvalue weighted by Gasteiger charge is 2.18. The fraction of sp³-hybridized carbons (Fsp3) is 0.0769. The standard InChI is InChI=1S/C13H10N2O5/c1-8-5-11(15(18)19)12(14-7-8)20-10-4-2-3-9(6-10)13(16)17/h2-7H,1H3,(H,16,17). The van der Waals surface area contributed by atoms with Crippen LogP contribution in [-0.2, 0) is 0 Å². The molecule has 0 aliphatic heterocycles. The van der Waals surface area contributed by atoms with Crippen molar-refractivity contribution in [1.82, 2.24) is 4.98 Å². The topological polar surface area (TPSA) is 103 Å². The van der Waals surface area contributed by atoms with E-state index in [1.807, 2.05) is 0 Å². The Morgan fingerprint density at radius 2 is 2.15 bits per heavy atom. The number of nitrogens with zero attached hydrogens (tertiary/aromatic N) is 2. The van der Waals surface area contributed by atoms with Gasteiger partial charge in [0.2, 0.25) is 0 Å². The number of aryl methyl sites for hydroxylation is 1. The number of nitro groups is 1. The van der Waals surface area contributed by atoms with Crippen LogP contribution in [0.1, 0.15) is 15.9 Å². The van der Waals surface area contributed by atoms with E-state index in [0.717, 1.165) is 0 Å². The summed E-state index contributed by atoms with van der Waals surface area (Å²) in [5.74, 6) is -1.12. The summed E-state index contributed by atoms with van der Waals surface area (Å²) < 4.78 is 5.30. The average molecular weight is 274 g/mol. The normalized spacial score (nSPS) is 10.1. The molecule has 0 aliphatic rings. The third-order valence-electron chi connectivity index (χ3n) is 2.46. The molecule has 20 heavy (non-hydrogen) atoms. The van der Waals surface area contributed by atoms with Crippen LogP contribution < -0.4 is 4.74 Å². The molecule has 1 aromatic heterocycles. The van der Waals surface area contributed by atoms with Crippen molar-refractivity contribution in [3.8, 4) is 11.6 Å². The molecule has 2 aromatic rings. The highest BCUT2D eigenvalue weighted by Crippen LogP contribution is 2.29. The van der Waals surface area contributed by atoms with Gasteiger partial charge in [0.05, 0.1) is 10.5 Å². The van der Waals surface area contributed by atoms with Gasteiger partial charge in [-0.1, -0.05) is 6.07 Å². The fourth-order valence-corrected chi connectivity index (χ4v) is 1.55. The first-order chi connectivity index (χ1) is 9.47. The van der Waals surface area contributed by atoms with Gasteiger partial charge >= 0.3 is 11.7 Å². The number of benzene rings is 1. The Hall–Kier alpha value is -2.96. The number of aromatic nitrogens is 1. The number of carboxylic acids is 1. The first kappa shape index (κ1) is 13.5. The van der Waals surface area contributed by atoms with Crippen molar-refractivity contribution < 1.29 is 19.6 Å². The minimum Gasteiger partial charge on any atom is -0.478 e. The van der Waals surface area contributed by atoms with Gasteiger partial charge < -0.3 is 9.84 Å². The molecule has 102 valence electrons. The van der Waals surface area contributed by atoms with E-state index in [4.69, 9.17) is 9.84 Å². The van der Waals surface area contributed by atoms with E-state index in [2.05, 4.69) is 4.98 Å². The van der Waals surface area contributed by atoms with Crippen LogP contribution in [0.15, 0.2) is 36.5 Å².